The summed E-state index contributed by atoms with van der Waals surface area (Å²) >= 11 is 0. The molecule has 0 aromatic heterocycles. The summed E-state index contributed by atoms with van der Waals surface area (Å²) < 4.78 is 50.5. The van der Waals surface area contributed by atoms with Gasteiger partial charge in [0.2, 0.25) is 0 Å². The Balaban J connectivity index is 2.37. The van der Waals surface area contributed by atoms with Crippen LogP contribution in [-0.4, -0.2) is 86.5 Å². The van der Waals surface area contributed by atoms with Gasteiger partial charge in [0.05, 0.1) is 18.1 Å². The van der Waals surface area contributed by atoms with Crippen molar-refractivity contribution in [3.05, 3.63) is 23.8 Å². The minimum atomic E-state index is -4.27. The van der Waals surface area contributed by atoms with Crippen molar-refractivity contribution in [2.75, 3.05) is 45.7 Å². The number of amides is 3. The fraction of sp³-hybridized carbons (Fsp3) is 0.667. The molecule has 3 atom stereocenters. The Hall–Kier alpha value is -2.53. The predicted molar refractivity (Wildman–Crippen MR) is 128 cm³/mol. The number of urea groups is 1. The highest BCUT2D eigenvalue weighted by atomic mass is 19.4. The number of benzene rings is 1. The van der Waals surface area contributed by atoms with E-state index < -0.39 is 18.6 Å². The van der Waals surface area contributed by atoms with Crippen molar-refractivity contribution in [3.8, 4) is 5.75 Å². The maximum atomic E-state index is 13.2. The van der Waals surface area contributed by atoms with Crippen molar-refractivity contribution in [3.63, 3.8) is 0 Å². The number of nitrogens with one attached hydrogen (secondary N) is 2. The van der Waals surface area contributed by atoms with Crippen LogP contribution in [0.2, 0.25) is 0 Å². The second kappa shape index (κ2) is 12.4. The zero-order valence-electron chi connectivity index (χ0n) is 21.2. The minimum Gasteiger partial charge on any atom is -0.491 e. The van der Waals surface area contributed by atoms with Crippen molar-refractivity contribution in [2.24, 2.45) is 5.92 Å². The number of rotatable bonds is 5. The van der Waals surface area contributed by atoms with Crippen LogP contribution in [0.1, 0.15) is 44.5 Å². The van der Waals surface area contributed by atoms with Crippen molar-refractivity contribution in [2.45, 2.75) is 58.5 Å². The van der Waals surface area contributed by atoms with Gasteiger partial charge in [-0.25, -0.2) is 4.79 Å². The van der Waals surface area contributed by atoms with E-state index in [1.165, 1.54) is 12.0 Å². The van der Waals surface area contributed by atoms with E-state index in [9.17, 15) is 22.8 Å². The third kappa shape index (κ3) is 8.88. The first-order chi connectivity index (χ1) is 16.3. The van der Waals surface area contributed by atoms with Crippen molar-refractivity contribution >= 4 is 17.6 Å². The maximum absolute atomic E-state index is 13.2. The van der Waals surface area contributed by atoms with E-state index in [0.29, 0.717) is 17.8 Å². The molecule has 0 bridgehead atoms. The fourth-order valence-electron chi connectivity index (χ4n) is 3.94. The van der Waals surface area contributed by atoms with Crippen molar-refractivity contribution in [1.29, 1.82) is 0 Å². The number of carbonyl (C=O) groups excluding carboxylic acids is 2. The highest BCUT2D eigenvalue weighted by Crippen LogP contribution is 2.27. The van der Waals surface area contributed by atoms with Gasteiger partial charge in [0.25, 0.3) is 5.91 Å². The summed E-state index contributed by atoms with van der Waals surface area (Å²) in [7, 11) is 3.18. The molecule has 0 aliphatic carbocycles. The Morgan fingerprint density at radius 3 is 2.54 bits per heavy atom. The molecule has 1 heterocycles. The molecule has 1 aliphatic heterocycles. The number of anilines is 1. The number of methoxy groups -OCH3 is 1. The second-order valence-electron chi connectivity index (χ2n) is 9.42. The Bertz CT molecular complexity index is 866. The van der Waals surface area contributed by atoms with Gasteiger partial charge in [-0.2, -0.15) is 13.2 Å². The number of ether oxygens (including phenoxy) is 2. The quantitative estimate of drug-likeness (QED) is 0.637. The molecule has 2 N–H and O–H groups in total. The molecule has 8 nitrogen and oxygen atoms in total. The molecule has 0 saturated heterocycles. The molecule has 1 aromatic rings. The van der Waals surface area contributed by atoms with Gasteiger partial charge in [-0.05, 0) is 38.8 Å². The summed E-state index contributed by atoms with van der Waals surface area (Å²) in [6, 6.07) is 3.90. The Morgan fingerprint density at radius 1 is 1.26 bits per heavy atom. The lowest BCUT2D eigenvalue weighted by Gasteiger charge is -2.36. The summed E-state index contributed by atoms with van der Waals surface area (Å²) in [4.78, 5) is 28.6. The summed E-state index contributed by atoms with van der Waals surface area (Å²) in [5.41, 5.74) is 0.717. The van der Waals surface area contributed by atoms with Gasteiger partial charge in [-0.3, -0.25) is 9.69 Å². The molecular formula is C24H37F3N4O4. The van der Waals surface area contributed by atoms with E-state index in [1.54, 1.807) is 37.1 Å². The molecule has 198 valence electrons. The molecule has 0 spiro atoms. The van der Waals surface area contributed by atoms with E-state index in [0.717, 1.165) is 0 Å². The molecular weight excluding hydrogens is 465 g/mol. The lowest BCUT2D eigenvalue weighted by Crippen LogP contribution is -2.47. The van der Waals surface area contributed by atoms with E-state index >= 15 is 0 Å². The van der Waals surface area contributed by atoms with Crippen LogP contribution in [-0.2, 0) is 4.74 Å². The van der Waals surface area contributed by atoms with Gasteiger partial charge in [-0.15, -0.1) is 0 Å². The summed E-state index contributed by atoms with van der Waals surface area (Å²) in [5, 5.41) is 5.42. The smallest absolute Gasteiger partial charge is 0.390 e. The summed E-state index contributed by atoms with van der Waals surface area (Å²) in [5.74, 6) is -0.167. The third-order valence-corrected chi connectivity index (χ3v) is 5.94. The number of halogens is 3. The van der Waals surface area contributed by atoms with E-state index in [2.05, 4.69) is 10.6 Å². The number of fused-ring (bicyclic) bond motifs is 1. The predicted octanol–water partition coefficient (Wildman–Crippen LogP) is 3.97. The van der Waals surface area contributed by atoms with Crippen molar-refractivity contribution in [1.82, 2.24) is 15.1 Å². The van der Waals surface area contributed by atoms with E-state index in [-0.39, 0.29) is 55.5 Å². The Morgan fingerprint density at radius 2 is 1.94 bits per heavy atom. The average Bonchev–Trinajstić information content (AvgIpc) is 2.76. The zero-order chi connectivity index (χ0) is 26.3. The van der Waals surface area contributed by atoms with Gasteiger partial charge in [-0.1, -0.05) is 6.92 Å². The fourth-order valence-corrected chi connectivity index (χ4v) is 3.94. The molecule has 3 amide bonds. The second-order valence-corrected chi connectivity index (χ2v) is 9.42. The molecule has 35 heavy (non-hydrogen) atoms. The first-order valence-electron chi connectivity index (χ1n) is 11.7. The van der Waals surface area contributed by atoms with Gasteiger partial charge < -0.3 is 25.0 Å². The van der Waals surface area contributed by atoms with E-state index in [1.807, 2.05) is 20.8 Å². The molecule has 11 heteroatoms. The first-order valence-corrected chi connectivity index (χ1v) is 11.7. The number of hydrogen-bond acceptors (Lipinski definition) is 5. The Kier molecular flexibility index (Phi) is 10.2. The van der Waals surface area contributed by atoms with Gasteiger partial charge in [0.15, 0.2) is 0 Å². The zero-order valence-corrected chi connectivity index (χ0v) is 21.2. The highest BCUT2D eigenvalue weighted by molar-refractivity contribution is 5.98. The SMILES string of the molecule is CO[C@H]1CN(C)C(=O)c2ccc(NC(=O)NC(C)C)cc2OC[C@H](C)N(CCC(F)(F)F)C[C@@H]1C. The molecule has 0 unspecified atom stereocenters. The first kappa shape index (κ1) is 28.7. The highest BCUT2D eigenvalue weighted by Gasteiger charge is 2.32. The van der Waals surface area contributed by atoms with Crippen LogP contribution in [0.3, 0.4) is 0 Å². The van der Waals surface area contributed by atoms with Crippen molar-refractivity contribution < 1.29 is 32.2 Å². The van der Waals surface area contributed by atoms with Crippen LogP contribution >= 0.6 is 0 Å². The lowest BCUT2D eigenvalue weighted by molar-refractivity contribution is -0.140. The van der Waals surface area contributed by atoms with Gasteiger partial charge in [0, 0.05) is 57.6 Å². The maximum Gasteiger partial charge on any atom is 0.390 e. The lowest BCUT2D eigenvalue weighted by atomic mass is 10.0. The molecule has 2 rings (SSSR count). The normalized spacial score (nSPS) is 22.6. The van der Waals surface area contributed by atoms with E-state index in [4.69, 9.17) is 9.47 Å². The van der Waals surface area contributed by atoms with Crippen LogP contribution in [0.5, 0.6) is 5.75 Å². The van der Waals surface area contributed by atoms with Gasteiger partial charge in [0.1, 0.15) is 12.4 Å². The van der Waals surface area contributed by atoms with Crippen LogP contribution < -0.4 is 15.4 Å². The van der Waals surface area contributed by atoms with Crippen LogP contribution in [0.4, 0.5) is 23.7 Å². The topological polar surface area (TPSA) is 83.1 Å². The number of hydrogen-bond donors (Lipinski definition) is 2. The number of alkyl halides is 3. The largest absolute Gasteiger partial charge is 0.491 e. The minimum absolute atomic E-state index is 0.0634. The number of carbonyl (C=O) groups is 2. The van der Waals surface area contributed by atoms with Gasteiger partial charge >= 0.3 is 12.2 Å². The van der Waals surface area contributed by atoms with Crippen LogP contribution in [0.15, 0.2) is 18.2 Å². The number of nitrogens with zero attached hydrogens (tertiary/aromatic N) is 2. The van der Waals surface area contributed by atoms with Crippen LogP contribution in [0, 0.1) is 5.92 Å². The number of likely N-dealkylation sites (N-methyl/N-ethyl adjacent to an activating group) is 1. The third-order valence-electron chi connectivity index (χ3n) is 5.94. The summed E-state index contributed by atoms with van der Waals surface area (Å²) in [6.07, 6.45) is -5.57. The standard InChI is InChI=1S/C24H37F3N4O4/c1-15(2)28-23(33)29-18-7-8-19-20(11-18)35-14-17(4)31(10-9-24(25,26)27)12-16(3)21(34-6)13-30(5)22(19)32/h7-8,11,15-17,21H,9-10,12-14H2,1-6H3,(H2,28,29,33)/t16-,17-,21-/m0/s1. The molecule has 1 aliphatic rings. The van der Waals surface area contributed by atoms with Crippen LogP contribution in [0.25, 0.3) is 0 Å². The molecule has 0 saturated carbocycles. The molecule has 1 aromatic carbocycles. The monoisotopic (exact) mass is 502 g/mol. The Labute approximate surface area is 205 Å². The molecule has 0 fully saturated rings. The molecule has 0 radical (unpaired) electrons. The average molecular weight is 503 g/mol. The summed E-state index contributed by atoms with van der Waals surface area (Å²) in [6.45, 7) is 7.86.